The lowest BCUT2D eigenvalue weighted by molar-refractivity contribution is -0.142. The maximum Gasteiger partial charge on any atom is 0.418 e. The van der Waals surface area contributed by atoms with Gasteiger partial charge in [-0.2, -0.15) is 13.2 Å². The molecule has 1 saturated heterocycles. The van der Waals surface area contributed by atoms with Gasteiger partial charge < -0.3 is 9.64 Å². The average molecular weight is 716 g/mol. The number of carbonyl (C=O) groups excluding carboxylic acids is 3. The van der Waals surface area contributed by atoms with E-state index in [4.69, 9.17) is 4.74 Å². The number of alkyl halides is 3. The molecule has 2 amide bonds. The highest BCUT2D eigenvalue weighted by Gasteiger charge is 2.63. The SMILES string of the molecule is Cc1nc2c(C(F)(F)F)cccc2c2c1O[C@]1(CC2)C[C@H]2C(=O)C[C@]3(C(=O)NS(=O)(=O)C4(C)CC4)C[C@H]3/C=C\CCCCC[C@H](C)C(=O)N2C1. The Balaban J connectivity index is 1.21. The summed E-state index contributed by atoms with van der Waals surface area (Å²) in [7, 11) is -3.93. The number of nitrogens with one attached hydrogen (secondary N) is 1. The molecule has 13 heteroatoms. The topological polar surface area (TPSA) is 123 Å². The van der Waals surface area contributed by atoms with Crippen LogP contribution in [-0.4, -0.2) is 58.8 Å². The summed E-state index contributed by atoms with van der Waals surface area (Å²) in [5.74, 6) is -1.47. The third kappa shape index (κ3) is 6.00. The zero-order chi connectivity index (χ0) is 35.9. The number of aromatic nitrogens is 1. The fourth-order valence-corrected chi connectivity index (χ4v) is 9.66. The fraction of sp³-hybridized carbons (Fsp3) is 0.622. The van der Waals surface area contributed by atoms with E-state index in [1.807, 2.05) is 19.1 Å². The second kappa shape index (κ2) is 12.1. The lowest BCUT2D eigenvalue weighted by Gasteiger charge is -2.37. The minimum Gasteiger partial charge on any atom is -0.483 e. The number of ether oxygens (including phenoxy) is 1. The van der Waals surface area contributed by atoms with Crippen molar-refractivity contribution >= 4 is 38.5 Å². The van der Waals surface area contributed by atoms with Crippen LogP contribution in [0.4, 0.5) is 13.2 Å². The number of amides is 2. The van der Waals surface area contributed by atoms with Gasteiger partial charge in [0.05, 0.1) is 39.5 Å². The Morgan fingerprint density at radius 2 is 1.86 bits per heavy atom. The summed E-state index contributed by atoms with van der Waals surface area (Å²) < 4.78 is 75.8. The molecule has 2 saturated carbocycles. The van der Waals surface area contributed by atoms with E-state index in [1.165, 1.54) is 6.07 Å². The fourth-order valence-electron chi connectivity index (χ4n) is 8.33. The molecule has 7 rings (SSSR count). The second-order valence-corrected chi connectivity index (χ2v) is 17.8. The maximum atomic E-state index is 14.4. The highest BCUT2D eigenvalue weighted by atomic mass is 32.2. The molecule has 1 aromatic heterocycles. The Bertz CT molecular complexity index is 1910. The number of ketones is 1. The third-order valence-corrected chi connectivity index (χ3v) is 14.1. The molecule has 0 unspecified atom stereocenters. The van der Waals surface area contributed by atoms with Gasteiger partial charge in [-0.1, -0.05) is 44.1 Å². The van der Waals surface area contributed by atoms with Crippen molar-refractivity contribution in [2.45, 2.75) is 120 Å². The van der Waals surface area contributed by atoms with E-state index < -0.39 is 49.5 Å². The summed E-state index contributed by atoms with van der Waals surface area (Å²) in [5.41, 5.74) is -2.26. The van der Waals surface area contributed by atoms with E-state index in [2.05, 4.69) is 9.71 Å². The maximum absolute atomic E-state index is 14.4. The summed E-state index contributed by atoms with van der Waals surface area (Å²) >= 11 is 0. The lowest BCUT2D eigenvalue weighted by Crippen LogP contribution is -2.47. The summed E-state index contributed by atoms with van der Waals surface area (Å²) in [5, 5.41) is 0.361. The average Bonchev–Trinajstić information content (AvgIpc) is 3.94. The van der Waals surface area contributed by atoms with Crippen LogP contribution in [0, 0.1) is 24.2 Å². The number of pyridine rings is 1. The number of nitrogens with zero attached hydrogens (tertiary/aromatic N) is 2. The Morgan fingerprint density at radius 1 is 1.10 bits per heavy atom. The standard InChI is InChI=1S/C37H44F3N3O6S/c1-22-10-7-5-4-6-8-11-24-18-36(24,33(46)42-50(47,48)34(3)16-17-34)20-29(44)28-19-35(21-43(28)32(22)45)15-14-26-25-12-9-13-27(37(38,39)40)30(25)41-23(2)31(26)49-35/h8-9,11-13,22,24,28H,4-7,10,14-21H2,1-3H3,(H,42,46)/b11-8-/t22-,24+,28-,35+,36+/m0/s1. The van der Waals surface area contributed by atoms with Gasteiger partial charge in [0.2, 0.25) is 21.8 Å². The highest BCUT2D eigenvalue weighted by molar-refractivity contribution is 7.91. The third-order valence-electron chi connectivity index (χ3n) is 12.0. The Morgan fingerprint density at radius 3 is 2.58 bits per heavy atom. The van der Waals surface area contributed by atoms with Crippen LogP contribution >= 0.6 is 0 Å². The van der Waals surface area contributed by atoms with E-state index in [1.54, 1.807) is 24.8 Å². The summed E-state index contributed by atoms with van der Waals surface area (Å²) in [6.45, 7) is 5.18. The minimum atomic E-state index is -4.58. The van der Waals surface area contributed by atoms with Crippen LogP contribution in [0.2, 0.25) is 0 Å². The first-order chi connectivity index (χ1) is 23.5. The molecule has 1 aromatic carbocycles. The summed E-state index contributed by atoms with van der Waals surface area (Å²) in [6, 6.07) is 3.08. The Hall–Kier alpha value is -3.48. The van der Waals surface area contributed by atoms with Crippen molar-refractivity contribution in [2.24, 2.45) is 17.3 Å². The number of para-hydroxylation sites is 1. The molecule has 3 aliphatic heterocycles. The molecule has 5 aliphatic rings. The van der Waals surface area contributed by atoms with Crippen molar-refractivity contribution < 1.29 is 40.7 Å². The van der Waals surface area contributed by atoms with Crippen molar-refractivity contribution in [1.29, 1.82) is 0 Å². The van der Waals surface area contributed by atoms with Gasteiger partial charge in [0.25, 0.3) is 0 Å². The summed E-state index contributed by atoms with van der Waals surface area (Å²) in [6.07, 6.45) is 5.38. The van der Waals surface area contributed by atoms with Crippen LogP contribution in [0.25, 0.3) is 10.9 Å². The van der Waals surface area contributed by atoms with Crippen molar-refractivity contribution in [3.8, 4) is 5.75 Å². The van der Waals surface area contributed by atoms with Crippen molar-refractivity contribution in [3.63, 3.8) is 0 Å². The molecular weight excluding hydrogens is 671 g/mol. The molecule has 50 heavy (non-hydrogen) atoms. The van der Waals surface area contributed by atoms with Gasteiger partial charge in [-0.05, 0) is 77.2 Å². The smallest absolute Gasteiger partial charge is 0.418 e. The molecule has 4 heterocycles. The highest BCUT2D eigenvalue weighted by Crippen LogP contribution is 2.58. The number of Topliss-reactive ketones (excluding diaryl/α,β-unsaturated/α-hetero) is 1. The van der Waals surface area contributed by atoms with Crippen LogP contribution in [-0.2, 0) is 37.0 Å². The van der Waals surface area contributed by atoms with E-state index in [9.17, 15) is 36.0 Å². The number of benzene rings is 1. The molecule has 1 N–H and O–H groups in total. The normalized spacial score (nSPS) is 31.9. The number of aryl methyl sites for hydroxylation is 2. The van der Waals surface area contributed by atoms with Gasteiger partial charge in [0.1, 0.15) is 11.4 Å². The number of hydrogen-bond acceptors (Lipinski definition) is 7. The van der Waals surface area contributed by atoms with Crippen LogP contribution in [0.1, 0.15) is 101 Å². The van der Waals surface area contributed by atoms with Crippen LogP contribution < -0.4 is 9.46 Å². The minimum absolute atomic E-state index is 0.112. The van der Waals surface area contributed by atoms with Crippen molar-refractivity contribution in [2.75, 3.05) is 6.54 Å². The zero-order valence-electron chi connectivity index (χ0n) is 28.7. The van der Waals surface area contributed by atoms with Gasteiger partial charge in [0, 0.05) is 29.7 Å². The number of rotatable bonds is 3. The molecule has 2 aromatic rings. The van der Waals surface area contributed by atoms with Gasteiger partial charge in [-0.3, -0.25) is 19.1 Å². The van der Waals surface area contributed by atoms with Crippen LogP contribution in [0.3, 0.4) is 0 Å². The molecule has 5 atom stereocenters. The Kier molecular flexibility index (Phi) is 8.42. The van der Waals surface area contributed by atoms with E-state index in [0.29, 0.717) is 60.9 Å². The molecule has 3 fully saturated rings. The summed E-state index contributed by atoms with van der Waals surface area (Å²) in [4.78, 5) is 48.3. The van der Waals surface area contributed by atoms with Crippen LogP contribution in [0.15, 0.2) is 30.4 Å². The number of fused-ring (bicyclic) bond motifs is 5. The van der Waals surface area contributed by atoms with Crippen molar-refractivity contribution in [3.05, 3.63) is 47.2 Å². The largest absolute Gasteiger partial charge is 0.483 e. The van der Waals surface area contributed by atoms with E-state index in [0.717, 1.165) is 31.7 Å². The first kappa shape index (κ1) is 34.9. The van der Waals surface area contributed by atoms with Gasteiger partial charge in [-0.15, -0.1) is 0 Å². The van der Waals surface area contributed by atoms with Gasteiger partial charge >= 0.3 is 6.18 Å². The van der Waals surface area contributed by atoms with Gasteiger partial charge in [-0.25, -0.2) is 13.4 Å². The number of sulfonamides is 1. The quantitative estimate of drug-likeness (QED) is 0.368. The molecule has 270 valence electrons. The first-order valence-electron chi connectivity index (χ1n) is 17.7. The molecule has 1 spiro atoms. The van der Waals surface area contributed by atoms with Gasteiger partial charge in [0.15, 0.2) is 5.78 Å². The van der Waals surface area contributed by atoms with E-state index >= 15 is 0 Å². The monoisotopic (exact) mass is 715 g/mol. The lowest BCUT2D eigenvalue weighted by atomic mass is 9.85. The second-order valence-electron chi connectivity index (χ2n) is 15.6. The number of carbonyl (C=O) groups is 3. The number of allylic oxidation sites excluding steroid dienone is 2. The molecule has 2 aliphatic carbocycles. The molecule has 0 bridgehead atoms. The Labute approximate surface area is 290 Å². The van der Waals surface area contributed by atoms with E-state index in [-0.39, 0.29) is 48.4 Å². The zero-order valence-corrected chi connectivity index (χ0v) is 29.5. The first-order valence-corrected chi connectivity index (χ1v) is 19.2. The number of hydrogen-bond donors (Lipinski definition) is 1. The van der Waals surface area contributed by atoms with Crippen LogP contribution in [0.5, 0.6) is 5.75 Å². The predicted molar refractivity (Wildman–Crippen MR) is 180 cm³/mol. The predicted octanol–water partition coefficient (Wildman–Crippen LogP) is 6.35. The molecule has 9 nitrogen and oxygen atoms in total. The molecule has 0 radical (unpaired) electrons. The van der Waals surface area contributed by atoms with Crippen molar-refractivity contribution in [1.82, 2.24) is 14.6 Å². The molecular formula is C37H44F3N3O6S. The number of halogens is 3.